The maximum absolute atomic E-state index is 12.5. The number of nitrogens with zero attached hydrogens (tertiary/aromatic N) is 3. The number of aromatic nitrogens is 3. The second-order valence-corrected chi connectivity index (χ2v) is 9.83. The van der Waals surface area contributed by atoms with E-state index in [0.717, 1.165) is 11.3 Å². The van der Waals surface area contributed by atoms with Gasteiger partial charge >= 0.3 is 0 Å². The summed E-state index contributed by atoms with van der Waals surface area (Å²) in [5.41, 5.74) is 2.15. The van der Waals surface area contributed by atoms with Gasteiger partial charge in [-0.15, -0.1) is 10.2 Å². The second kappa shape index (κ2) is 9.75. The summed E-state index contributed by atoms with van der Waals surface area (Å²) < 4.78 is 24.6. The van der Waals surface area contributed by atoms with Crippen molar-refractivity contribution >= 4 is 45.0 Å². The molecule has 1 heterocycles. The van der Waals surface area contributed by atoms with E-state index in [1.165, 1.54) is 36.0 Å². The molecule has 0 unspecified atom stereocenters. The zero-order valence-corrected chi connectivity index (χ0v) is 19.4. The number of nitrogens with one attached hydrogen (secondary N) is 1. The molecule has 0 aliphatic rings. The largest absolute Gasteiger partial charge is 0.325 e. The van der Waals surface area contributed by atoms with Crippen molar-refractivity contribution in [1.29, 1.82) is 0 Å². The first-order chi connectivity index (χ1) is 15.8. The van der Waals surface area contributed by atoms with Crippen LogP contribution in [0.15, 0.2) is 88.9 Å². The molecule has 4 rings (SSSR count). The zero-order chi connectivity index (χ0) is 23.4. The molecule has 0 fully saturated rings. The Labute approximate surface area is 199 Å². The fraction of sp³-hybridized carbons (Fsp3) is 0.0455. The Balaban J connectivity index is 1.53. The molecule has 8 nitrogen and oxygen atoms in total. The lowest BCUT2D eigenvalue weighted by Crippen LogP contribution is -2.15. The Morgan fingerprint density at radius 3 is 2.27 bits per heavy atom. The summed E-state index contributed by atoms with van der Waals surface area (Å²) in [6, 6.07) is 22.5. The van der Waals surface area contributed by atoms with Gasteiger partial charge in [0.15, 0.2) is 11.0 Å². The highest BCUT2D eigenvalue weighted by molar-refractivity contribution is 7.99. The lowest BCUT2D eigenvalue weighted by atomic mass is 10.2. The summed E-state index contributed by atoms with van der Waals surface area (Å²) in [7, 11) is -3.79. The molecule has 3 N–H and O–H groups in total. The monoisotopic (exact) mass is 499 g/mol. The summed E-state index contributed by atoms with van der Waals surface area (Å²) in [4.78, 5) is 12.5. The number of amides is 1. The standard InChI is InChI=1S/C22H18ClN5O3S2/c23-16-8-6-15(7-9-16)21-26-27-22(28(21)18-4-2-1-3-5-18)32-14-20(29)25-17-10-12-19(13-11-17)33(24,30)31/h1-13H,14H2,(H,25,29)(H2,24,30,31). The number of hydrogen-bond acceptors (Lipinski definition) is 6. The molecule has 0 bridgehead atoms. The van der Waals surface area contributed by atoms with Crippen LogP contribution >= 0.6 is 23.4 Å². The van der Waals surface area contributed by atoms with Crippen molar-refractivity contribution in [1.82, 2.24) is 14.8 Å². The maximum Gasteiger partial charge on any atom is 0.238 e. The number of para-hydroxylation sites is 1. The average molecular weight is 500 g/mol. The van der Waals surface area contributed by atoms with Gasteiger partial charge in [-0.05, 0) is 60.7 Å². The summed E-state index contributed by atoms with van der Waals surface area (Å²) in [5.74, 6) is 0.418. The van der Waals surface area contributed by atoms with Crippen molar-refractivity contribution in [2.24, 2.45) is 5.14 Å². The lowest BCUT2D eigenvalue weighted by Gasteiger charge is -2.10. The molecular formula is C22H18ClN5O3S2. The molecule has 0 saturated carbocycles. The first-order valence-corrected chi connectivity index (χ1v) is 12.5. The van der Waals surface area contributed by atoms with Crippen LogP contribution in [0.4, 0.5) is 5.69 Å². The van der Waals surface area contributed by atoms with E-state index in [0.29, 0.717) is 21.7 Å². The normalized spacial score (nSPS) is 11.3. The molecule has 0 radical (unpaired) electrons. The first kappa shape index (κ1) is 23.0. The van der Waals surface area contributed by atoms with Crippen LogP contribution in [0.1, 0.15) is 0 Å². The van der Waals surface area contributed by atoms with Gasteiger partial charge in [0, 0.05) is 22.0 Å². The quantitative estimate of drug-likeness (QED) is 0.371. The van der Waals surface area contributed by atoms with Gasteiger partial charge < -0.3 is 5.32 Å². The highest BCUT2D eigenvalue weighted by Gasteiger charge is 2.17. The van der Waals surface area contributed by atoms with E-state index in [1.54, 1.807) is 12.1 Å². The average Bonchev–Trinajstić information content (AvgIpc) is 3.22. The number of benzene rings is 3. The Hall–Kier alpha value is -3.18. The molecular weight excluding hydrogens is 482 g/mol. The fourth-order valence-corrected chi connectivity index (χ4v) is 4.41. The van der Waals surface area contributed by atoms with Crippen molar-refractivity contribution < 1.29 is 13.2 Å². The van der Waals surface area contributed by atoms with E-state index in [1.807, 2.05) is 47.0 Å². The molecule has 3 aromatic carbocycles. The number of anilines is 1. The van der Waals surface area contributed by atoms with Crippen LogP contribution in [0.3, 0.4) is 0 Å². The summed E-state index contributed by atoms with van der Waals surface area (Å²) in [6.45, 7) is 0. The number of carbonyl (C=O) groups is 1. The van der Waals surface area contributed by atoms with Crippen LogP contribution in [-0.4, -0.2) is 34.8 Å². The third kappa shape index (κ3) is 5.60. The van der Waals surface area contributed by atoms with Gasteiger partial charge in [-0.25, -0.2) is 13.6 Å². The number of hydrogen-bond donors (Lipinski definition) is 2. The number of nitrogens with two attached hydrogens (primary N) is 1. The molecule has 0 atom stereocenters. The molecule has 33 heavy (non-hydrogen) atoms. The minimum Gasteiger partial charge on any atom is -0.325 e. The Morgan fingerprint density at radius 1 is 0.970 bits per heavy atom. The lowest BCUT2D eigenvalue weighted by molar-refractivity contribution is -0.113. The summed E-state index contributed by atoms with van der Waals surface area (Å²) in [5, 5.41) is 17.6. The van der Waals surface area contributed by atoms with Crippen molar-refractivity contribution in [2.75, 3.05) is 11.1 Å². The Morgan fingerprint density at radius 2 is 1.64 bits per heavy atom. The molecule has 0 aliphatic heterocycles. The van der Waals surface area contributed by atoms with Crippen molar-refractivity contribution in [3.8, 4) is 17.1 Å². The van der Waals surface area contributed by atoms with Crippen LogP contribution in [0.2, 0.25) is 5.02 Å². The minimum atomic E-state index is -3.79. The third-order valence-corrected chi connectivity index (χ3v) is 6.66. The van der Waals surface area contributed by atoms with Gasteiger partial charge in [0.25, 0.3) is 0 Å². The van der Waals surface area contributed by atoms with Crippen LogP contribution in [0.25, 0.3) is 17.1 Å². The SMILES string of the molecule is NS(=O)(=O)c1ccc(NC(=O)CSc2nnc(-c3ccc(Cl)cc3)n2-c2ccccc2)cc1. The number of carbonyl (C=O) groups excluding carboxylic acids is 1. The molecule has 168 valence electrons. The zero-order valence-electron chi connectivity index (χ0n) is 17.1. The van der Waals surface area contributed by atoms with Gasteiger partial charge in [-0.2, -0.15) is 0 Å². The van der Waals surface area contributed by atoms with Crippen LogP contribution in [0.5, 0.6) is 0 Å². The van der Waals surface area contributed by atoms with Crippen LogP contribution in [0, 0.1) is 0 Å². The van der Waals surface area contributed by atoms with E-state index in [-0.39, 0.29) is 16.6 Å². The molecule has 1 amide bonds. The van der Waals surface area contributed by atoms with E-state index in [2.05, 4.69) is 15.5 Å². The van der Waals surface area contributed by atoms with Crippen molar-refractivity contribution in [3.63, 3.8) is 0 Å². The minimum absolute atomic E-state index is 0.0273. The predicted molar refractivity (Wildman–Crippen MR) is 129 cm³/mol. The molecule has 0 spiro atoms. The summed E-state index contributed by atoms with van der Waals surface area (Å²) >= 11 is 7.25. The maximum atomic E-state index is 12.5. The van der Waals surface area contributed by atoms with Crippen molar-refractivity contribution in [3.05, 3.63) is 83.9 Å². The topological polar surface area (TPSA) is 120 Å². The van der Waals surface area contributed by atoms with E-state index < -0.39 is 10.0 Å². The number of sulfonamides is 1. The number of halogens is 1. The molecule has 0 saturated heterocycles. The number of rotatable bonds is 7. The van der Waals surface area contributed by atoms with Crippen molar-refractivity contribution in [2.45, 2.75) is 10.1 Å². The van der Waals surface area contributed by atoms with E-state index in [4.69, 9.17) is 16.7 Å². The Kier molecular flexibility index (Phi) is 6.80. The first-order valence-electron chi connectivity index (χ1n) is 9.63. The van der Waals surface area contributed by atoms with Gasteiger partial charge in [0.05, 0.1) is 10.6 Å². The molecule has 1 aromatic heterocycles. The number of primary sulfonamides is 1. The van der Waals surface area contributed by atoms with Gasteiger partial charge in [0.1, 0.15) is 0 Å². The molecule has 0 aliphatic carbocycles. The Bertz CT molecular complexity index is 1370. The van der Waals surface area contributed by atoms with Crippen LogP contribution in [-0.2, 0) is 14.8 Å². The van der Waals surface area contributed by atoms with Gasteiger partial charge in [-0.1, -0.05) is 41.6 Å². The van der Waals surface area contributed by atoms with E-state index >= 15 is 0 Å². The molecule has 11 heteroatoms. The van der Waals surface area contributed by atoms with E-state index in [9.17, 15) is 13.2 Å². The van der Waals surface area contributed by atoms with Gasteiger partial charge in [-0.3, -0.25) is 9.36 Å². The number of thioether (sulfide) groups is 1. The molecule has 4 aromatic rings. The highest BCUT2D eigenvalue weighted by Crippen LogP contribution is 2.28. The summed E-state index contributed by atoms with van der Waals surface area (Å²) in [6.07, 6.45) is 0. The van der Waals surface area contributed by atoms with Gasteiger partial charge in [0.2, 0.25) is 15.9 Å². The van der Waals surface area contributed by atoms with Crippen LogP contribution < -0.4 is 10.5 Å². The second-order valence-electron chi connectivity index (χ2n) is 6.89. The fourth-order valence-electron chi connectivity index (χ4n) is 3.01. The highest BCUT2D eigenvalue weighted by atomic mass is 35.5. The smallest absolute Gasteiger partial charge is 0.238 e. The predicted octanol–water partition coefficient (Wildman–Crippen LogP) is 3.97. The third-order valence-electron chi connectivity index (χ3n) is 4.55.